The summed E-state index contributed by atoms with van der Waals surface area (Å²) in [5.74, 6) is -2.96. The number of ketones is 1. The molecule has 0 N–H and O–H groups in total. The minimum absolute atomic E-state index is 0.223. The lowest BCUT2D eigenvalue weighted by molar-refractivity contribution is -0.353. The van der Waals surface area contributed by atoms with Crippen molar-refractivity contribution in [3.8, 4) is 0 Å². The average Bonchev–Trinajstić information content (AvgIpc) is 2.47. The lowest BCUT2D eigenvalue weighted by Crippen LogP contribution is -2.48. The standard InChI is InChI=1S/C15H28O6/c1-5-9-19-15(20-10-6-2,21-11-7-3)13(16)12-14(17)18-8-4/h5-12H2,1-4H3. The maximum Gasteiger partial charge on any atom is 0.347 e. The van der Waals surface area contributed by atoms with Crippen molar-refractivity contribution in [3.05, 3.63) is 0 Å². The minimum Gasteiger partial charge on any atom is -0.466 e. The Morgan fingerprint density at radius 3 is 1.57 bits per heavy atom. The van der Waals surface area contributed by atoms with Crippen molar-refractivity contribution < 1.29 is 28.5 Å². The molecule has 0 radical (unpaired) electrons. The second kappa shape index (κ2) is 11.7. The molecule has 0 amide bonds. The largest absolute Gasteiger partial charge is 0.466 e. The van der Waals surface area contributed by atoms with Gasteiger partial charge in [0.25, 0.3) is 0 Å². The van der Waals surface area contributed by atoms with E-state index in [9.17, 15) is 9.59 Å². The van der Waals surface area contributed by atoms with Gasteiger partial charge >= 0.3 is 11.9 Å². The van der Waals surface area contributed by atoms with Gasteiger partial charge in [0, 0.05) is 0 Å². The van der Waals surface area contributed by atoms with Gasteiger partial charge in [-0.05, 0) is 26.2 Å². The van der Waals surface area contributed by atoms with Crippen molar-refractivity contribution in [2.24, 2.45) is 0 Å². The molecule has 0 aliphatic carbocycles. The van der Waals surface area contributed by atoms with Crippen LogP contribution in [0.5, 0.6) is 0 Å². The second-order valence-electron chi connectivity index (χ2n) is 4.51. The molecule has 0 aliphatic heterocycles. The van der Waals surface area contributed by atoms with Crippen LogP contribution in [-0.2, 0) is 28.5 Å². The second-order valence-corrected chi connectivity index (χ2v) is 4.51. The van der Waals surface area contributed by atoms with Crippen LogP contribution < -0.4 is 0 Å². The first kappa shape index (κ1) is 20.0. The van der Waals surface area contributed by atoms with Gasteiger partial charge in [-0.1, -0.05) is 20.8 Å². The number of hydrogen-bond donors (Lipinski definition) is 0. The van der Waals surface area contributed by atoms with E-state index < -0.39 is 24.1 Å². The summed E-state index contributed by atoms with van der Waals surface area (Å²) in [6, 6.07) is 0. The molecule has 6 nitrogen and oxygen atoms in total. The third-order valence-corrected chi connectivity index (χ3v) is 2.44. The van der Waals surface area contributed by atoms with Crippen LogP contribution in [-0.4, -0.2) is 44.2 Å². The molecule has 0 heterocycles. The molecule has 0 aromatic heterocycles. The summed E-state index contributed by atoms with van der Waals surface area (Å²) >= 11 is 0. The van der Waals surface area contributed by atoms with Gasteiger partial charge < -0.3 is 18.9 Å². The van der Waals surface area contributed by atoms with E-state index in [2.05, 4.69) is 0 Å². The maximum atomic E-state index is 12.4. The van der Waals surface area contributed by atoms with Crippen LogP contribution >= 0.6 is 0 Å². The van der Waals surface area contributed by atoms with E-state index >= 15 is 0 Å². The first-order valence-corrected chi connectivity index (χ1v) is 7.66. The number of carbonyl (C=O) groups is 2. The molecule has 0 atom stereocenters. The van der Waals surface area contributed by atoms with Crippen LogP contribution in [0.2, 0.25) is 0 Å². The third-order valence-electron chi connectivity index (χ3n) is 2.44. The number of carbonyl (C=O) groups excluding carboxylic acids is 2. The maximum absolute atomic E-state index is 12.4. The highest BCUT2D eigenvalue weighted by Crippen LogP contribution is 2.21. The van der Waals surface area contributed by atoms with Crippen molar-refractivity contribution in [1.29, 1.82) is 0 Å². The first-order valence-electron chi connectivity index (χ1n) is 7.66. The van der Waals surface area contributed by atoms with Crippen LogP contribution in [0.25, 0.3) is 0 Å². The molecular formula is C15H28O6. The Bertz CT molecular complexity index is 281. The van der Waals surface area contributed by atoms with Gasteiger partial charge in [0.2, 0.25) is 5.78 Å². The van der Waals surface area contributed by atoms with E-state index in [0.717, 1.165) is 0 Å². The fourth-order valence-electron chi connectivity index (χ4n) is 1.53. The highest BCUT2D eigenvalue weighted by atomic mass is 16.9. The van der Waals surface area contributed by atoms with Crippen molar-refractivity contribution in [1.82, 2.24) is 0 Å². The Balaban J connectivity index is 4.98. The Morgan fingerprint density at radius 2 is 1.24 bits per heavy atom. The highest BCUT2D eigenvalue weighted by Gasteiger charge is 2.43. The molecule has 0 aliphatic rings. The molecule has 0 bridgehead atoms. The van der Waals surface area contributed by atoms with Crippen LogP contribution in [0, 0.1) is 0 Å². The van der Waals surface area contributed by atoms with Gasteiger partial charge in [0.15, 0.2) is 0 Å². The molecule has 6 heteroatoms. The summed E-state index contributed by atoms with van der Waals surface area (Å²) in [5, 5.41) is 0. The quantitative estimate of drug-likeness (QED) is 0.296. The van der Waals surface area contributed by atoms with Crippen LogP contribution in [0.3, 0.4) is 0 Å². The monoisotopic (exact) mass is 304 g/mol. The van der Waals surface area contributed by atoms with Crippen molar-refractivity contribution in [2.45, 2.75) is 59.4 Å². The van der Waals surface area contributed by atoms with Gasteiger partial charge in [-0.25, -0.2) is 0 Å². The molecular weight excluding hydrogens is 276 g/mol. The molecule has 124 valence electrons. The molecule has 0 saturated carbocycles. The number of Topliss-reactive ketones (excluding diaryl/α,β-unsaturated/α-hetero) is 1. The molecule has 0 saturated heterocycles. The van der Waals surface area contributed by atoms with Crippen LogP contribution in [0.15, 0.2) is 0 Å². The van der Waals surface area contributed by atoms with Gasteiger partial charge in [0.05, 0.1) is 26.4 Å². The number of rotatable bonds is 13. The average molecular weight is 304 g/mol. The molecule has 0 fully saturated rings. The number of esters is 1. The van der Waals surface area contributed by atoms with Gasteiger partial charge in [-0.3, -0.25) is 9.59 Å². The summed E-state index contributed by atoms with van der Waals surface area (Å²) in [6.45, 7) is 8.58. The predicted octanol–water partition coefficient (Wildman–Crippen LogP) is 2.44. The van der Waals surface area contributed by atoms with Gasteiger partial charge in [-0.2, -0.15) is 0 Å². The Hall–Kier alpha value is -0.980. The summed E-state index contributed by atoms with van der Waals surface area (Å²) in [5.41, 5.74) is 0. The molecule has 21 heavy (non-hydrogen) atoms. The topological polar surface area (TPSA) is 71.1 Å². The number of ether oxygens (including phenoxy) is 4. The zero-order valence-electron chi connectivity index (χ0n) is 13.6. The zero-order valence-corrected chi connectivity index (χ0v) is 13.6. The van der Waals surface area contributed by atoms with Crippen molar-refractivity contribution >= 4 is 11.8 Å². The molecule has 0 rings (SSSR count). The van der Waals surface area contributed by atoms with E-state index in [1.807, 2.05) is 20.8 Å². The molecule has 0 unspecified atom stereocenters. The van der Waals surface area contributed by atoms with Gasteiger partial charge in [0.1, 0.15) is 6.42 Å². The molecule has 0 aromatic rings. The summed E-state index contributed by atoms with van der Waals surface area (Å²) < 4.78 is 21.4. The van der Waals surface area contributed by atoms with Crippen LogP contribution in [0.1, 0.15) is 53.4 Å². The van der Waals surface area contributed by atoms with E-state index in [0.29, 0.717) is 39.1 Å². The Morgan fingerprint density at radius 1 is 0.810 bits per heavy atom. The van der Waals surface area contributed by atoms with E-state index in [-0.39, 0.29) is 6.61 Å². The molecule has 0 spiro atoms. The molecule has 0 aromatic carbocycles. The first-order chi connectivity index (χ1) is 10.1. The fourth-order valence-corrected chi connectivity index (χ4v) is 1.53. The lowest BCUT2D eigenvalue weighted by atomic mass is 10.2. The van der Waals surface area contributed by atoms with Crippen molar-refractivity contribution in [2.75, 3.05) is 26.4 Å². The lowest BCUT2D eigenvalue weighted by Gasteiger charge is -2.31. The summed E-state index contributed by atoms with van der Waals surface area (Å²) in [4.78, 5) is 23.9. The third kappa shape index (κ3) is 7.55. The highest BCUT2D eigenvalue weighted by molar-refractivity contribution is 5.98. The zero-order chi connectivity index (χ0) is 16.1. The van der Waals surface area contributed by atoms with Crippen molar-refractivity contribution in [3.63, 3.8) is 0 Å². The Labute approximate surface area is 127 Å². The van der Waals surface area contributed by atoms with Gasteiger partial charge in [-0.15, -0.1) is 0 Å². The van der Waals surface area contributed by atoms with E-state index in [1.165, 1.54) is 0 Å². The minimum atomic E-state index is -1.80. The Kier molecular flexibility index (Phi) is 11.1. The summed E-state index contributed by atoms with van der Waals surface area (Å²) in [7, 11) is 0. The SMILES string of the molecule is CCCOC(OCCC)(OCCC)C(=O)CC(=O)OCC. The smallest absolute Gasteiger partial charge is 0.347 e. The van der Waals surface area contributed by atoms with Crippen LogP contribution in [0.4, 0.5) is 0 Å². The van der Waals surface area contributed by atoms with E-state index in [1.54, 1.807) is 6.92 Å². The normalized spacial score (nSPS) is 11.4. The van der Waals surface area contributed by atoms with E-state index in [4.69, 9.17) is 18.9 Å². The summed E-state index contributed by atoms with van der Waals surface area (Å²) in [6.07, 6.45) is 1.70. The fraction of sp³-hybridized carbons (Fsp3) is 0.867. The predicted molar refractivity (Wildman–Crippen MR) is 77.7 cm³/mol. The number of hydrogen-bond acceptors (Lipinski definition) is 6.